The van der Waals surface area contributed by atoms with Crippen molar-refractivity contribution >= 4 is 46.4 Å². The Kier molecular flexibility index (Phi) is 6.97. The number of para-hydroxylation sites is 1. The van der Waals surface area contributed by atoms with Crippen molar-refractivity contribution in [3.63, 3.8) is 0 Å². The number of anilines is 3. The maximum Gasteiger partial charge on any atom is 0.283 e. The molecule has 0 aromatic heterocycles. The highest BCUT2D eigenvalue weighted by Crippen LogP contribution is 2.30. The SMILES string of the molecule is CCc1ccc(N2C(=O)C(Cl)=C(Nc3cccc(C(=O)N4CCN(c5ccccc5)CC4)c3)C2=O)cc1. The van der Waals surface area contributed by atoms with Gasteiger partial charge >= 0.3 is 0 Å². The molecule has 3 aromatic rings. The summed E-state index contributed by atoms with van der Waals surface area (Å²) in [6.45, 7) is 4.76. The molecule has 5 rings (SSSR count). The van der Waals surface area contributed by atoms with Crippen LogP contribution in [0.1, 0.15) is 22.8 Å². The Hall–Kier alpha value is -4.10. The minimum Gasteiger partial charge on any atom is -0.368 e. The van der Waals surface area contributed by atoms with Crippen LogP contribution in [-0.4, -0.2) is 48.8 Å². The zero-order chi connectivity index (χ0) is 25.9. The fourth-order valence-electron chi connectivity index (χ4n) is 4.59. The molecule has 2 aliphatic rings. The van der Waals surface area contributed by atoms with Gasteiger partial charge in [-0.2, -0.15) is 0 Å². The van der Waals surface area contributed by atoms with E-state index in [9.17, 15) is 14.4 Å². The van der Waals surface area contributed by atoms with Gasteiger partial charge in [-0.25, -0.2) is 4.90 Å². The molecule has 3 aromatic carbocycles. The lowest BCUT2D eigenvalue weighted by molar-refractivity contribution is -0.120. The number of halogens is 1. The zero-order valence-corrected chi connectivity index (χ0v) is 21.2. The first-order valence-corrected chi connectivity index (χ1v) is 12.7. The molecule has 0 radical (unpaired) electrons. The van der Waals surface area contributed by atoms with Crippen molar-refractivity contribution in [2.45, 2.75) is 13.3 Å². The van der Waals surface area contributed by atoms with Gasteiger partial charge < -0.3 is 15.1 Å². The molecule has 37 heavy (non-hydrogen) atoms. The van der Waals surface area contributed by atoms with Crippen molar-refractivity contribution < 1.29 is 14.4 Å². The number of benzene rings is 3. The van der Waals surface area contributed by atoms with Crippen LogP contribution in [0.3, 0.4) is 0 Å². The van der Waals surface area contributed by atoms with Crippen molar-refractivity contribution in [3.05, 3.63) is 101 Å². The first-order valence-electron chi connectivity index (χ1n) is 12.3. The molecule has 3 amide bonds. The molecule has 0 bridgehead atoms. The van der Waals surface area contributed by atoms with E-state index < -0.39 is 11.8 Å². The molecule has 0 saturated carbocycles. The van der Waals surface area contributed by atoms with E-state index in [4.69, 9.17) is 11.6 Å². The van der Waals surface area contributed by atoms with E-state index >= 15 is 0 Å². The molecular formula is C29H27ClN4O3. The average molecular weight is 515 g/mol. The number of hydrogen-bond donors (Lipinski definition) is 1. The standard InChI is InChI=1S/C29H27ClN4O3/c1-2-20-11-13-24(14-12-20)34-28(36)25(30)26(29(34)37)31-22-8-6-7-21(19-22)27(35)33-17-15-32(16-18-33)23-9-4-3-5-10-23/h3-14,19,31H,2,15-18H2,1H3. The number of carbonyl (C=O) groups excluding carboxylic acids is 3. The van der Waals surface area contributed by atoms with E-state index in [2.05, 4.69) is 22.3 Å². The molecule has 1 fully saturated rings. The lowest BCUT2D eigenvalue weighted by atomic mass is 10.1. The third kappa shape index (κ3) is 4.95. The van der Waals surface area contributed by atoms with Gasteiger partial charge in [0.1, 0.15) is 10.7 Å². The van der Waals surface area contributed by atoms with Gasteiger partial charge in [-0.05, 0) is 54.4 Å². The van der Waals surface area contributed by atoms with Crippen LogP contribution in [-0.2, 0) is 16.0 Å². The molecule has 1 saturated heterocycles. The van der Waals surface area contributed by atoms with Crippen LogP contribution in [0.15, 0.2) is 89.6 Å². The highest BCUT2D eigenvalue weighted by Gasteiger charge is 2.39. The molecule has 0 atom stereocenters. The van der Waals surface area contributed by atoms with Gasteiger partial charge in [0.05, 0.1) is 5.69 Å². The summed E-state index contributed by atoms with van der Waals surface area (Å²) in [6, 6.07) is 24.3. The van der Waals surface area contributed by atoms with Crippen LogP contribution in [0.5, 0.6) is 0 Å². The van der Waals surface area contributed by atoms with Crippen molar-refractivity contribution in [1.29, 1.82) is 0 Å². The number of nitrogens with zero attached hydrogens (tertiary/aromatic N) is 3. The molecule has 2 aliphatic heterocycles. The minimum absolute atomic E-state index is 0.00712. The van der Waals surface area contributed by atoms with E-state index in [1.165, 1.54) is 0 Å². The second kappa shape index (κ2) is 10.5. The van der Waals surface area contributed by atoms with Crippen molar-refractivity contribution in [2.24, 2.45) is 0 Å². The molecule has 0 aliphatic carbocycles. The summed E-state index contributed by atoms with van der Waals surface area (Å²) in [5, 5.41) is 2.79. The topological polar surface area (TPSA) is 73.0 Å². The van der Waals surface area contributed by atoms with E-state index in [0.29, 0.717) is 30.0 Å². The fourth-order valence-corrected chi connectivity index (χ4v) is 4.80. The second-order valence-corrected chi connectivity index (χ2v) is 9.35. The van der Waals surface area contributed by atoms with E-state index in [-0.39, 0.29) is 16.6 Å². The molecule has 188 valence electrons. The van der Waals surface area contributed by atoms with Crippen molar-refractivity contribution in [3.8, 4) is 0 Å². The molecule has 7 nitrogen and oxygen atoms in total. The number of imide groups is 1. The third-order valence-corrected chi connectivity index (χ3v) is 7.05. The predicted octanol–water partition coefficient (Wildman–Crippen LogP) is 4.65. The smallest absolute Gasteiger partial charge is 0.283 e. The van der Waals surface area contributed by atoms with Crippen molar-refractivity contribution in [1.82, 2.24) is 4.90 Å². The monoisotopic (exact) mass is 514 g/mol. The molecular weight excluding hydrogens is 488 g/mol. The summed E-state index contributed by atoms with van der Waals surface area (Å²) in [4.78, 5) is 44.3. The minimum atomic E-state index is -0.582. The number of carbonyl (C=O) groups is 3. The largest absolute Gasteiger partial charge is 0.368 e. The van der Waals surface area contributed by atoms with Crippen LogP contribution >= 0.6 is 11.6 Å². The van der Waals surface area contributed by atoms with Crippen molar-refractivity contribution in [2.75, 3.05) is 41.3 Å². The highest BCUT2D eigenvalue weighted by atomic mass is 35.5. The quantitative estimate of drug-likeness (QED) is 0.485. The van der Waals surface area contributed by atoms with Gasteiger partial charge in [0.15, 0.2) is 0 Å². The maximum absolute atomic E-state index is 13.2. The lowest BCUT2D eigenvalue weighted by Gasteiger charge is -2.36. The Labute approximate surface area is 220 Å². The zero-order valence-electron chi connectivity index (χ0n) is 20.5. The molecule has 8 heteroatoms. The third-order valence-electron chi connectivity index (χ3n) is 6.70. The normalized spacial score (nSPS) is 16.0. The Balaban J connectivity index is 1.27. The number of aryl methyl sites for hydroxylation is 1. The molecule has 2 heterocycles. The number of hydrogen-bond acceptors (Lipinski definition) is 5. The highest BCUT2D eigenvalue weighted by molar-refractivity contribution is 6.53. The Bertz CT molecular complexity index is 1360. The van der Waals surface area contributed by atoms with Crippen LogP contribution in [0, 0.1) is 0 Å². The van der Waals surface area contributed by atoms with Gasteiger partial charge in [-0.3, -0.25) is 14.4 Å². The number of nitrogens with one attached hydrogen (secondary N) is 1. The first kappa shape index (κ1) is 24.6. The molecule has 0 spiro atoms. The number of amides is 3. The van der Waals surface area contributed by atoms with Crippen LogP contribution in [0.25, 0.3) is 0 Å². The van der Waals surface area contributed by atoms with Gasteiger partial charge in [0.2, 0.25) is 0 Å². The Morgan fingerprint density at radius 1 is 0.838 bits per heavy atom. The van der Waals surface area contributed by atoms with Crippen LogP contribution in [0.2, 0.25) is 0 Å². The first-order chi connectivity index (χ1) is 18.0. The van der Waals surface area contributed by atoms with Gasteiger partial charge in [0.25, 0.3) is 17.7 Å². The van der Waals surface area contributed by atoms with Gasteiger partial charge in [-0.1, -0.05) is 54.9 Å². The maximum atomic E-state index is 13.2. The van der Waals surface area contributed by atoms with Crippen LogP contribution in [0.4, 0.5) is 17.1 Å². The number of piperazine rings is 1. The predicted molar refractivity (Wildman–Crippen MR) is 146 cm³/mol. The van der Waals surface area contributed by atoms with Gasteiger partial charge in [0, 0.05) is 43.1 Å². The van der Waals surface area contributed by atoms with E-state index in [1.54, 1.807) is 36.4 Å². The Morgan fingerprint density at radius 3 is 2.22 bits per heavy atom. The summed E-state index contributed by atoms with van der Waals surface area (Å²) < 4.78 is 0. The van der Waals surface area contributed by atoms with Crippen LogP contribution < -0.4 is 15.1 Å². The summed E-state index contributed by atoms with van der Waals surface area (Å²) in [6.07, 6.45) is 0.853. The Morgan fingerprint density at radius 2 is 1.54 bits per heavy atom. The second-order valence-electron chi connectivity index (χ2n) is 8.98. The number of rotatable bonds is 6. The lowest BCUT2D eigenvalue weighted by Crippen LogP contribution is -2.48. The molecule has 0 unspecified atom stereocenters. The summed E-state index contributed by atoms with van der Waals surface area (Å²) in [7, 11) is 0. The fraction of sp³-hybridized carbons (Fsp3) is 0.207. The summed E-state index contributed by atoms with van der Waals surface area (Å²) in [5.74, 6) is -1.20. The average Bonchev–Trinajstić information content (AvgIpc) is 3.16. The summed E-state index contributed by atoms with van der Waals surface area (Å²) in [5.41, 5.74) is 3.71. The molecule has 1 N–H and O–H groups in total. The van der Waals surface area contributed by atoms with Gasteiger partial charge in [-0.15, -0.1) is 0 Å². The van der Waals surface area contributed by atoms with E-state index in [0.717, 1.165) is 35.7 Å². The summed E-state index contributed by atoms with van der Waals surface area (Å²) >= 11 is 6.29. The van der Waals surface area contributed by atoms with E-state index in [1.807, 2.05) is 42.2 Å².